The van der Waals surface area contributed by atoms with Crippen LogP contribution in [0, 0.1) is 17.1 Å². The molecule has 15 heavy (non-hydrogen) atoms. The SMILES string of the molecule is CC(CCCl)Sc1ccc(C#N)cc1F. The molecular weight excluding hydrogens is 233 g/mol. The molecule has 0 bridgehead atoms. The Morgan fingerprint density at radius 2 is 2.33 bits per heavy atom. The van der Waals surface area contributed by atoms with Gasteiger partial charge in [-0.15, -0.1) is 23.4 Å². The second-order valence-electron chi connectivity index (χ2n) is 3.16. The lowest BCUT2D eigenvalue weighted by Gasteiger charge is -2.09. The van der Waals surface area contributed by atoms with Gasteiger partial charge in [0.2, 0.25) is 0 Å². The lowest BCUT2D eigenvalue weighted by molar-refractivity contribution is 0.601. The number of hydrogen-bond donors (Lipinski definition) is 0. The average Bonchev–Trinajstić information content (AvgIpc) is 2.21. The van der Waals surface area contributed by atoms with Gasteiger partial charge in [-0.05, 0) is 24.6 Å². The first kappa shape index (κ1) is 12.4. The number of hydrogen-bond acceptors (Lipinski definition) is 2. The third kappa shape index (κ3) is 3.73. The van der Waals surface area contributed by atoms with E-state index < -0.39 is 0 Å². The summed E-state index contributed by atoms with van der Waals surface area (Å²) in [4.78, 5) is 0.576. The van der Waals surface area contributed by atoms with Crippen molar-refractivity contribution in [2.75, 3.05) is 5.88 Å². The highest BCUT2D eigenvalue weighted by Gasteiger charge is 2.08. The second kappa shape index (κ2) is 5.99. The van der Waals surface area contributed by atoms with E-state index in [-0.39, 0.29) is 11.1 Å². The van der Waals surface area contributed by atoms with Crippen LogP contribution >= 0.6 is 23.4 Å². The molecule has 0 aliphatic rings. The molecule has 1 atom stereocenters. The smallest absolute Gasteiger partial charge is 0.138 e. The summed E-state index contributed by atoms with van der Waals surface area (Å²) < 4.78 is 13.4. The molecule has 0 amide bonds. The monoisotopic (exact) mass is 243 g/mol. The topological polar surface area (TPSA) is 23.8 Å². The van der Waals surface area contributed by atoms with Crippen molar-refractivity contribution in [2.45, 2.75) is 23.5 Å². The summed E-state index contributed by atoms with van der Waals surface area (Å²) in [6.07, 6.45) is 0.839. The van der Waals surface area contributed by atoms with Crippen LogP contribution in [0.3, 0.4) is 0 Å². The molecule has 0 aliphatic heterocycles. The van der Waals surface area contributed by atoms with Crippen LogP contribution in [-0.4, -0.2) is 11.1 Å². The van der Waals surface area contributed by atoms with Gasteiger partial charge in [0, 0.05) is 16.0 Å². The molecular formula is C11H11ClFNS. The molecule has 1 unspecified atom stereocenters. The van der Waals surface area contributed by atoms with E-state index in [1.807, 2.05) is 13.0 Å². The molecule has 0 fully saturated rings. The number of nitrogens with zero attached hydrogens (tertiary/aromatic N) is 1. The molecule has 1 aromatic rings. The van der Waals surface area contributed by atoms with Crippen LogP contribution < -0.4 is 0 Å². The minimum absolute atomic E-state index is 0.282. The molecule has 0 saturated heterocycles. The van der Waals surface area contributed by atoms with Crippen LogP contribution in [0.15, 0.2) is 23.1 Å². The average molecular weight is 244 g/mol. The van der Waals surface area contributed by atoms with E-state index >= 15 is 0 Å². The molecule has 0 aromatic heterocycles. The maximum atomic E-state index is 13.4. The predicted molar refractivity (Wildman–Crippen MR) is 61.8 cm³/mol. The predicted octanol–water partition coefficient (Wildman–Crippen LogP) is 3.81. The van der Waals surface area contributed by atoms with E-state index in [0.717, 1.165) is 6.42 Å². The van der Waals surface area contributed by atoms with Crippen LogP contribution in [0.1, 0.15) is 18.9 Å². The quantitative estimate of drug-likeness (QED) is 0.593. The fourth-order valence-corrected chi connectivity index (χ4v) is 2.54. The molecule has 1 nitrogen and oxygen atoms in total. The van der Waals surface area contributed by atoms with Gasteiger partial charge < -0.3 is 0 Å². The van der Waals surface area contributed by atoms with Crippen molar-refractivity contribution in [3.63, 3.8) is 0 Å². The Bertz CT molecular complexity index is 375. The van der Waals surface area contributed by atoms with E-state index in [2.05, 4.69) is 0 Å². The van der Waals surface area contributed by atoms with Crippen molar-refractivity contribution < 1.29 is 4.39 Å². The summed E-state index contributed by atoms with van der Waals surface area (Å²) in [6.45, 7) is 2.00. The number of benzene rings is 1. The molecule has 0 heterocycles. The zero-order valence-electron chi connectivity index (χ0n) is 8.34. The van der Waals surface area contributed by atoms with Gasteiger partial charge in [-0.2, -0.15) is 5.26 Å². The third-order valence-corrected chi connectivity index (χ3v) is 3.35. The highest BCUT2D eigenvalue weighted by Crippen LogP contribution is 2.28. The lowest BCUT2D eigenvalue weighted by Crippen LogP contribution is -1.97. The lowest BCUT2D eigenvalue weighted by atomic mass is 10.2. The minimum Gasteiger partial charge on any atom is -0.206 e. The first-order valence-electron chi connectivity index (χ1n) is 4.59. The van der Waals surface area contributed by atoms with Gasteiger partial charge in [0.15, 0.2) is 0 Å². The molecule has 0 saturated carbocycles. The van der Waals surface area contributed by atoms with Crippen LogP contribution in [-0.2, 0) is 0 Å². The van der Waals surface area contributed by atoms with Gasteiger partial charge >= 0.3 is 0 Å². The number of rotatable bonds is 4. The van der Waals surface area contributed by atoms with Gasteiger partial charge in [-0.1, -0.05) is 6.92 Å². The molecule has 0 N–H and O–H groups in total. The number of alkyl halides is 1. The second-order valence-corrected chi connectivity index (χ2v) is 5.02. The van der Waals surface area contributed by atoms with Crippen molar-refractivity contribution >= 4 is 23.4 Å². The molecule has 1 aromatic carbocycles. The Labute approximate surface area is 98.2 Å². The van der Waals surface area contributed by atoms with Crippen molar-refractivity contribution in [2.24, 2.45) is 0 Å². The van der Waals surface area contributed by atoms with E-state index in [1.54, 1.807) is 12.1 Å². The molecule has 0 spiro atoms. The van der Waals surface area contributed by atoms with Crippen LogP contribution in [0.2, 0.25) is 0 Å². The normalized spacial score (nSPS) is 12.1. The Balaban J connectivity index is 2.74. The number of halogens is 2. The van der Waals surface area contributed by atoms with Crippen LogP contribution in [0.4, 0.5) is 4.39 Å². The van der Waals surface area contributed by atoms with Gasteiger partial charge in [0.05, 0.1) is 11.6 Å². The third-order valence-electron chi connectivity index (χ3n) is 1.90. The number of thioether (sulfide) groups is 1. The Kier molecular flexibility index (Phi) is 4.93. The Hall–Kier alpha value is -0.720. The van der Waals surface area contributed by atoms with Gasteiger partial charge in [0.1, 0.15) is 5.82 Å². The Morgan fingerprint density at radius 1 is 1.60 bits per heavy atom. The van der Waals surface area contributed by atoms with Gasteiger partial charge in [0.25, 0.3) is 0 Å². The fourth-order valence-electron chi connectivity index (χ4n) is 1.10. The summed E-state index contributed by atoms with van der Waals surface area (Å²) in [5.41, 5.74) is 0.349. The highest BCUT2D eigenvalue weighted by molar-refractivity contribution is 8.00. The summed E-state index contributed by atoms with van der Waals surface area (Å²) in [6, 6.07) is 6.43. The van der Waals surface area contributed by atoms with E-state index in [0.29, 0.717) is 16.3 Å². The Morgan fingerprint density at radius 3 is 2.87 bits per heavy atom. The standard InChI is InChI=1S/C11H11ClFNS/c1-8(4-5-12)15-11-3-2-9(7-14)6-10(11)13/h2-3,6,8H,4-5H2,1H3. The summed E-state index contributed by atoms with van der Waals surface area (Å²) >= 11 is 7.05. The van der Waals surface area contributed by atoms with Crippen molar-refractivity contribution in [1.29, 1.82) is 5.26 Å². The van der Waals surface area contributed by atoms with Crippen molar-refractivity contribution in [1.82, 2.24) is 0 Å². The van der Waals surface area contributed by atoms with Crippen LogP contribution in [0.5, 0.6) is 0 Å². The molecule has 1 rings (SSSR count). The maximum absolute atomic E-state index is 13.4. The van der Waals surface area contributed by atoms with Crippen molar-refractivity contribution in [3.8, 4) is 6.07 Å². The van der Waals surface area contributed by atoms with E-state index in [9.17, 15) is 4.39 Å². The highest BCUT2D eigenvalue weighted by atomic mass is 35.5. The molecule has 4 heteroatoms. The summed E-state index contributed by atoms with van der Waals surface area (Å²) in [5.74, 6) is 0.243. The van der Waals surface area contributed by atoms with E-state index in [4.69, 9.17) is 16.9 Å². The zero-order valence-corrected chi connectivity index (χ0v) is 9.91. The minimum atomic E-state index is -0.333. The van der Waals surface area contributed by atoms with Crippen molar-refractivity contribution in [3.05, 3.63) is 29.6 Å². The first-order valence-corrected chi connectivity index (χ1v) is 6.01. The van der Waals surface area contributed by atoms with Gasteiger partial charge in [-0.3, -0.25) is 0 Å². The maximum Gasteiger partial charge on any atom is 0.138 e. The molecule has 0 radical (unpaired) electrons. The van der Waals surface area contributed by atoms with E-state index in [1.165, 1.54) is 17.8 Å². The molecule has 0 aliphatic carbocycles. The number of nitriles is 1. The largest absolute Gasteiger partial charge is 0.206 e. The molecule has 80 valence electrons. The zero-order chi connectivity index (χ0) is 11.3. The first-order chi connectivity index (χ1) is 7.17. The fraction of sp³-hybridized carbons (Fsp3) is 0.364. The summed E-state index contributed by atoms with van der Waals surface area (Å²) in [5, 5.41) is 8.86. The van der Waals surface area contributed by atoms with Crippen LogP contribution in [0.25, 0.3) is 0 Å². The van der Waals surface area contributed by atoms with Gasteiger partial charge in [-0.25, -0.2) is 4.39 Å². The summed E-state index contributed by atoms with van der Waals surface area (Å²) in [7, 11) is 0.